The fraction of sp³-hybridized carbons (Fsp3) is 0.267. The minimum absolute atomic E-state index is 0.182. The van der Waals surface area contributed by atoms with Gasteiger partial charge in [-0.3, -0.25) is 4.79 Å². The van der Waals surface area contributed by atoms with E-state index in [1.54, 1.807) is 18.4 Å². The highest BCUT2D eigenvalue weighted by Gasteiger charge is 2.11. The van der Waals surface area contributed by atoms with E-state index >= 15 is 0 Å². The van der Waals surface area contributed by atoms with Crippen LogP contribution in [0.4, 0.5) is 0 Å². The van der Waals surface area contributed by atoms with Crippen LogP contribution >= 0.6 is 11.3 Å². The maximum atomic E-state index is 12.1. The van der Waals surface area contributed by atoms with Gasteiger partial charge in [-0.2, -0.15) is 0 Å². The second kappa shape index (κ2) is 5.36. The van der Waals surface area contributed by atoms with Crippen LogP contribution in [-0.2, 0) is 6.42 Å². The van der Waals surface area contributed by atoms with E-state index in [2.05, 4.69) is 0 Å². The molecule has 0 aliphatic carbocycles. The number of hydrogen-bond donors (Lipinski definition) is 0. The van der Waals surface area contributed by atoms with Crippen molar-refractivity contribution in [2.45, 2.75) is 20.3 Å². The number of benzene rings is 1. The molecule has 1 aromatic carbocycles. The predicted molar refractivity (Wildman–Crippen MR) is 74.8 cm³/mol. The Bertz CT molecular complexity index is 533. The number of rotatable bonds is 4. The number of methoxy groups -OCH3 is 1. The van der Waals surface area contributed by atoms with Crippen molar-refractivity contribution < 1.29 is 9.53 Å². The van der Waals surface area contributed by atoms with Crippen molar-refractivity contribution in [3.05, 3.63) is 51.2 Å². The molecule has 0 aliphatic rings. The van der Waals surface area contributed by atoms with Gasteiger partial charge in [-0.15, -0.1) is 11.3 Å². The Balaban J connectivity index is 2.10. The summed E-state index contributed by atoms with van der Waals surface area (Å²) in [6.07, 6.45) is 0.448. The first-order chi connectivity index (χ1) is 8.60. The molecule has 94 valence electrons. The lowest BCUT2D eigenvalue weighted by Crippen LogP contribution is -2.01. The van der Waals surface area contributed by atoms with Gasteiger partial charge in [0, 0.05) is 11.3 Å². The second-order valence-electron chi connectivity index (χ2n) is 4.30. The monoisotopic (exact) mass is 260 g/mol. The van der Waals surface area contributed by atoms with Crippen molar-refractivity contribution in [2.75, 3.05) is 7.11 Å². The number of ether oxygens (including phenoxy) is 1. The highest BCUT2D eigenvalue weighted by molar-refractivity contribution is 7.14. The standard InChI is InChI=1S/C15H16O2S/c1-10-8-15(18-11(10)2)14(16)9-12-4-6-13(17-3)7-5-12/h4-8H,9H2,1-3H3. The Hall–Kier alpha value is -1.61. The first-order valence-electron chi connectivity index (χ1n) is 5.83. The lowest BCUT2D eigenvalue weighted by molar-refractivity contribution is 0.0997. The summed E-state index contributed by atoms with van der Waals surface area (Å²) < 4.78 is 5.09. The van der Waals surface area contributed by atoms with E-state index in [0.717, 1.165) is 16.2 Å². The number of ketones is 1. The molecule has 0 amide bonds. The number of Topliss-reactive ketones (excluding diaryl/α,β-unsaturated/α-hetero) is 1. The van der Waals surface area contributed by atoms with Crippen molar-refractivity contribution in [3.63, 3.8) is 0 Å². The largest absolute Gasteiger partial charge is 0.497 e. The van der Waals surface area contributed by atoms with Crippen LogP contribution in [-0.4, -0.2) is 12.9 Å². The van der Waals surface area contributed by atoms with Gasteiger partial charge in [0.25, 0.3) is 0 Å². The third kappa shape index (κ3) is 2.79. The molecule has 1 heterocycles. The molecule has 18 heavy (non-hydrogen) atoms. The van der Waals surface area contributed by atoms with Gasteiger partial charge >= 0.3 is 0 Å². The van der Waals surface area contributed by atoms with E-state index in [9.17, 15) is 4.79 Å². The summed E-state index contributed by atoms with van der Waals surface area (Å²) >= 11 is 1.58. The van der Waals surface area contributed by atoms with Gasteiger partial charge in [-0.1, -0.05) is 12.1 Å². The van der Waals surface area contributed by atoms with Gasteiger partial charge in [-0.25, -0.2) is 0 Å². The first-order valence-corrected chi connectivity index (χ1v) is 6.65. The summed E-state index contributed by atoms with van der Waals surface area (Å²) in [5.74, 6) is 0.996. The number of carbonyl (C=O) groups is 1. The lowest BCUT2D eigenvalue weighted by Gasteiger charge is -2.02. The zero-order valence-corrected chi connectivity index (χ0v) is 11.6. The van der Waals surface area contributed by atoms with Crippen LogP contribution in [0, 0.1) is 13.8 Å². The lowest BCUT2D eigenvalue weighted by atomic mass is 10.1. The van der Waals surface area contributed by atoms with Crippen LogP contribution in [0.3, 0.4) is 0 Å². The highest BCUT2D eigenvalue weighted by atomic mass is 32.1. The topological polar surface area (TPSA) is 26.3 Å². The van der Waals surface area contributed by atoms with E-state index < -0.39 is 0 Å². The summed E-state index contributed by atoms with van der Waals surface area (Å²) in [6.45, 7) is 4.08. The highest BCUT2D eigenvalue weighted by Crippen LogP contribution is 2.22. The van der Waals surface area contributed by atoms with E-state index in [-0.39, 0.29) is 5.78 Å². The average molecular weight is 260 g/mol. The van der Waals surface area contributed by atoms with Crippen molar-refractivity contribution in [1.29, 1.82) is 0 Å². The Morgan fingerprint density at radius 1 is 1.22 bits per heavy atom. The minimum atomic E-state index is 0.182. The molecular weight excluding hydrogens is 244 g/mol. The third-order valence-corrected chi connectivity index (χ3v) is 4.16. The van der Waals surface area contributed by atoms with Crippen molar-refractivity contribution in [3.8, 4) is 5.75 Å². The molecule has 0 fully saturated rings. The fourth-order valence-electron chi connectivity index (χ4n) is 1.73. The number of hydrogen-bond acceptors (Lipinski definition) is 3. The molecule has 0 saturated heterocycles. The summed E-state index contributed by atoms with van der Waals surface area (Å²) in [5.41, 5.74) is 2.21. The van der Waals surface area contributed by atoms with Crippen LogP contribution in [0.1, 0.15) is 25.7 Å². The van der Waals surface area contributed by atoms with Gasteiger partial charge in [0.1, 0.15) is 5.75 Å². The molecule has 0 atom stereocenters. The maximum absolute atomic E-state index is 12.1. The molecule has 1 aromatic heterocycles. The zero-order chi connectivity index (χ0) is 13.1. The molecule has 0 radical (unpaired) electrons. The maximum Gasteiger partial charge on any atom is 0.177 e. The van der Waals surface area contributed by atoms with Gasteiger partial charge in [0.05, 0.1) is 12.0 Å². The molecule has 2 nitrogen and oxygen atoms in total. The van der Waals surface area contributed by atoms with Gasteiger partial charge in [0.2, 0.25) is 0 Å². The Morgan fingerprint density at radius 3 is 2.39 bits per heavy atom. The van der Waals surface area contributed by atoms with Gasteiger partial charge in [-0.05, 0) is 43.2 Å². The van der Waals surface area contributed by atoms with Crippen LogP contribution < -0.4 is 4.74 Å². The third-order valence-electron chi connectivity index (χ3n) is 2.96. The Labute approximate surface area is 111 Å². The molecule has 0 spiro atoms. The van der Waals surface area contributed by atoms with Crippen molar-refractivity contribution in [2.24, 2.45) is 0 Å². The van der Waals surface area contributed by atoms with Gasteiger partial charge in [0.15, 0.2) is 5.78 Å². The smallest absolute Gasteiger partial charge is 0.177 e. The normalized spacial score (nSPS) is 10.4. The van der Waals surface area contributed by atoms with E-state index in [4.69, 9.17) is 4.74 Å². The first kappa shape index (κ1) is 12.8. The summed E-state index contributed by atoms with van der Waals surface area (Å²) in [5, 5.41) is 0. The number of aryl methyl sites for hydroxylation is 2. The quantitative estimate of drug-likeness (QED) is 0.782. The molecule has 0 unspecified atom stereocenters. The molecule has 2 aromatic rings. The van der Waals surface area contributed by atoms with E-state index in [1.165, 1.54) is 10.4 Å². The van der Waals surface area contributed by atoms with E-state index in [1.807, 2.05) is 44.2 Å². The molecule has 0 saturated carbocycles. The summed E-state index contributed by atoms with van der Waals surface area (Å²) in [4.78, 5) is 14.2. The molecular formula is C15H16O2S. The fourth-order valence-corrected chi connectivity index (χ4v) is 2.70. The van der Waals surface area contributed by atoms with Gasteiger partial charge < -0.3 is 4.74 Å². The molecule has 0 bridgehead atoms. The molecule has 0 aliphatic heterocycles. The van der Waals surface area contributed by atoms with Crippen LogP contribution in [0.25, 0.3) is 0 Å². The summed E-state index contributed by atoms with van der Waals surface area (Å²) in [7, 11) is 1.64. The zero-order valence-electron chi connectivity index (χ0n) is 10.8. The van der Waals surface area contributed by atoms with Crippen LogP contribution in [0.2, 0.25) is 0 Å². The van der Waals surface area contributed by atoms with Crippen LogP contribution in [0.5, 0.6) is 5.75 Å². The molecule has 0 N–H and O–H groups in total. The molecule has 3 heteroatoms. The predicted octanol–water partition coefficient (Wildman–Crippen LogP) is 3.80. The van der Waals surface area contributed by atoms with Crippen molar-refractivity contribution in [1.82, 2.24) is 0 Å². The number of carbonyl (C=O) groups excluding carboxylic acids is 1. The second-order valence-corrected chi connectivity index (χ2v) is 5.55. The van der Waals surface area contributed by atoms with Crippen LogP contribution in [0.15, 0.2) is 30.3 Å². The SMILES string of the molecule is COc1ccc(CC(=O)c2cc(C)c(C)s2)cc1. The summed E-state index contributed by atoms with van der Waals surface area (Å²) in [6, 6.07) is 9.61. The van der Waals surface area contributed by atoms with Crippen molar-refractivity contribution >= 4 is 17.1 Å². The molecule has 2 rings (SSSR count). The average Bonchev–Trinajstić information content (AvgIpc) is 2.71. The number of thiophene rings is 1. The Morgan fingerprint density at radius 2 is 1.89 bits per heavy atom. The minimum Gasteiger partial charge on any atom is -0.497 e. The van der Waals surface area contributed by atoms with E-state index in [0.29, 0.717) is 6.42 Å². The Kier molecular flexibility index (Phi) is 3.82.